The summed E-state index contributed by atoms with van der Waals surface area (Å²) in [6, 6.07) is 0. The Morgan fingerprint density at radius 1 is 1.50 bits per heavy atom. The summed E-state index contributed by atoms with van der Waals surface area (Å²) in [6.45, 7) is 1.96. The van der Waals surface area contributed by atoms with Gasteiger partial charge in [-0.15, -0.1) is 10.2 Å². The Hall–Kier alpha value is -1.92. The first kappa shape index (κ1) is 8.67. The Kier molecular flexibility index (Phi) is 1.91. The van der Waals surface area contributed by atoms with Crippen LogP contribution in [-0.2, 0) is 13.5 Å². The molecule has 2 aromatic heterocycles. The summed E-state index contributed by atoms with van der Waals surface area (Å²) < 4.78 is 4.86. The predicted octanol–water partition coefficient (Wildman–Crippen LogP) is 0.00970. The molecule has 0 aliphatic rings. The van der Waals surface area contributed by atoms with Crippen LogP contribution >= 0.6 is 0 Å². The van der Waals surface area contributed by atoms with E-state index in [1.807, 2.05) is 6.92 Å². The summed E-state index contributed by atoms with van der Waals surface area (Å²) >= 11 is 0. The molecule has 0 fully saturated rings. The van der Waals surface area contributed by atoms with E-state index in [1.54, 1.807) is 7.05 Å². The summed E-state index contributed by atoms with van der Waals surface area (Å²) in [5.74, 6) is 0.750. The van der Waals surface area contributed by atoms with Crippen LogP contribution in [0.2, 0.25) is 0 Å². The van der Waals surface area contributed by atoms with E-state index >= 15 is 0 Å². The van der Waals surface area contributed by atoms with Gasteiger partial charge in [0.2, 0.25) is 11.7 Å². The van der Waals surface area contributed by atoms with E-state index in [-0.39, 0.29) is 0 Å². The number of hydrogen-bond acceptors (Lipinski definition) is 6. The van der Waals surface area contributed by atoms with Crippen LogP contribution in [0.3, 0.4) is 0 Å². The summed E-state index contributed by atoms with van der Waals surface area (Å²) in [6.07, 6.45) is 0.725. The Balaban J connectivity index is 2.51. The third-order valence-electron chi connectivity index (χ3n) is 1.89. The zero-order chi connectivity index (χ0) is 10.1. The van der Waals surface area contributed by atoms with Crippen molar-refractivity contribution in [2.24, 2.45) is 7.05 Å². The van der Waals surface area contributed by atoms with E-state index in [1.165, 1.54) is 4.80 Å². The first-order chi connectivity index (χ1) is 6.72. The number of tetrazole rings is 1. The second kappa shape index (κ2) is 3.09. The highest BCUT2D eigenvalue weighted by Gasteiger charge is 2.17. The van der Waals surface area contributed by atoms with Gasteiger partial charge in [0.1, 0.15) is 0 Å². The van der Waals surface area contributed by atoms with E-state index in [4.69, 9.17) is 10.3 Å². The largest absolute Gasteiger partial charge is 0.367 e. The van der Waals surface area contributed by atoms with Gasteiger partial charge < -0.3 is 10.3 Å². The minimum atomic E-state index is 0.315. The molecule has 0 aliphatic heterocycles. The lowest BCUT2D eigenvalue weighted by Crippen LogP contribution is -1.93. The van der Waals surface area contributed by atoms with Crippen LogP contribution in [0.4, 0.5) is 5.88 Å². The molecule has 7 heteroatoms. The third-order valence-corrected chi connectivity index (χ3v) is 1.89. The molecule has 0 atom stereocenters. The summed E-state index contributed by atoms with van der Waals surface area (Å²) in [5, 5.41) is 15.4. The topological polar surface area (TPSA) is 95.6 Å². The van der Waals surface area contributed by atoms with Crippen LogP contribution in [0.5, 0.6) is 0 Å². The highest BCUT2D eigenvalue weighted by Crippen LogP contribution is 2.23. The minimum absolute atomic E-state index is 0.315. The maximum absolute atomic E-state index is 5.58. The molecule has 0 saturated heterocycles. The molecular weight excluding hydrogens is 184 g/mol. The molecule has 0 spiro atoms. The number of hydrogen-bond donors (Lipinski definition) is 1. The summed E-state index contributed by atoms with van der Waals surface area (Å²) in [4.78, 5) is 1.36. The fourth-order valence-electron chi connectivity index (χ4n) is 1.22. The maximum Gasteiger partial charge on any atom is 0.227 e. The van der Waals surface area contributed by atoms with E-state index in [0.29, 0.717) is 17.4 Å². The van der Waals surface area contributed by atoms with Gasteiger partial charge in [0, 0.05) is 5.56 Å². The second-order valence-electron chi connectivity index (χ2n) is 2.83. The smallest absolute Gasteiger partial charge is 0.227 e. The Labute approximate surface area is 79.9 Å². The summed E-state index contributed by atoms with van der Waals surface area (Å²) in [7, 11) is 1.69. The molecule has 0 bridgehead atoms. The van der Waals surface area contributed by atoms with Gasteiger partial charge >= 0.3 is 0 Å². The van der Waals surface area contributed by atoms with Gasteiger partial charge in [-0.3, -0.25) is 0 Å². The average molecular weight is 194 g/mol. The van der Waals surface area contributed by atoms with Crippen LogP contribution in [0.1, 0.15) is 12.5 Å². The highest BCUT2D eigenvalue weighted by atomic mass is 16.5. The lowest BCUT2D eigenvalue weighted by molar-refractivity contribution is 0.438. The average Bonchev–Trinajstić information content (AvgIpc) is 2.71. The van der Waals surface area contributed by atoms with Crippen molar-refractivity contribution in [2.45, 2.75) is 13.3 Å². The number of aryl methyl sites for hydroxylation is 1. The van der Waals surface area contributed by atoms with E-state index < -0.39 is 0 Å². The lowest BCUT2D eigenvalue weighted by Gasteiger charge is -1.91. The number of rotatable bonds is 2. The van der Waals surface area contributed by atoms with Gasteiger partial charge in [0.25, 0.3) is 0 Å². The van der Waals surface area contributed by atoms with Crippen molar-refractivity contribution >= 4 is 5.88 Å². The van der Waals surface area contributed by atoms with Crippen molar-refractivity contribution in [3.63, 3.8) is 0 Å². The Bertz CT molecular complexity index is 445. The van der Waals surface area contributed by atoms with Crippen molar-refractivity contribution in [3.05, 3.63) is 5.56 Å². The molecule has 74 valence electrons. The molecule has 2 heterocycles. The van der Waals surface area contributed by atoms with Crippen LogP contribution in [0.25, 0.3) is 11.5 Å². The van der Waals surface area contributed by atoms with Crippen LogP contribution < -0.4 is 5.73 Å². The monoisotopic (exact) mass is 194 g/mol. The van der Waals surface area contributed by atoms with E-state index in [9.17, 15) is 0 Å². The van der Waals surface area contributed by atoms with E-state index in [2.05, 4.69) is 20.6 Å². The first-order valence-corrected chi connectivity index (χ1v) is 4.20. The highest BCUT2D eigenvalue weighted by molar-refractivity contribution is 5.59. The minimum Gasteiger partial charge on any atom is -0.367 e. The molecule has 7 nitrogen and oxygen atoms in total. The van der Waals surface area contributed by atoms with Crippen LogP contribution in [0.15, 0.2) is 4.52 Å². The number of anilines is 1. The SMILES string of the molecule is CCc1c(-c2nnn(C)n2)noc1N. The van der Waals surface area contributed by atoms with Gasteiger partial charge in [-0.25, -0.2) is 0 Å². The van der Waals surface area contributed by atoms with E-state index in [0.717, 1.165) is 12.0 Å². The molecule has 14 heavy (non-hydrogen) atoms. The number of nitrogens with two attached hydrogens (primary N) is 1. The molecule has 0 aromatic carbocycles. The summed E-state index contributed by atoms with van der Waals surface area (Å²) in [5.41, 5.74) is 6.97. The molecule has 2 aromatic rings. The Morgan fingerprint density at radius 2 is 2.29 bits per heavy atom. The molecule has 2 N–H and O–H groups in total. The van der Waals surface area contributed by atoms with Crippen LogP contribution in [-0.4, -0.2) is 25.4 Å². The number of nitrogens with zero attached hydrogens (tertiary/aromatic N) is 5. The molecule has 0 aliphatic carbocycles. The molecule has 0 saturated carbocycles. The van der Waals surface area contributed by atoms with Crippen molar-refractivity contribution in [1.82, 2.24) is 25.4 Å². The molecule has 0 radical (unpaired) electrons. The van der Waals surface area contributed by atoms with Gasteiger partial charge in [-0.05, 0) is 11.6 Å². The quantitative estimate of drug-likeness (QED) is 0.723. The standard InChI is InChI=1S/C7H10N6O/c1-3-4-5(11-14-6(4)8)7-9-12-13(2)10-7/h3,8H2,1-2H3. The van der Waals surface area contributed by atoms with Crippen LogP contribution in [0, 0.1) is 0 Å². The molecule has 0 unspecified atom stereocenters. The van der Waals surface area contributed by atoms with Gasteiger partial charge in [0.05, 0.1) is 7.05 Å². The number of aromatic nitrogens is 5. The fourth-order valence-corrected chi connectivity index (χ4v) is 1.22. The zero-order valence-electron chi connectivity index (χ0n) is 7.93. The van der Waals surface area contributed by atoms with Crippen molar-refractivity contribution in [1.29, 1.82) is 0 Å². The first-order valence-electron chi connectivity index (χ1n) is 4.20. The lowest BCUT2D eigenvalue weighted by atomic mass is 10.2. The fraction of sp³-hybridized carbons (Fsp3) is 0.429. The van der Waals surface area contributed by atoms with Crippen molar-refractivity contribution in [2.75, 3.05) is 5.73 Å². The maximum atomic E-state index is 5.58. The predicted molar refractivity (Wildman–Crippen MR) is 48.1 cm³/mol. The third kappa shape index (κ3) is 1.22. The molecule has 2 rings (SSSR count). The van der Waals surface area contributed by atoms with Gasteiger partial charge in [-0.1, -0.05) is 12.1 Å². The molecular formula is C7H10N6O. The molecule has 0 amide bonds. The second-order valence-corrected chi connectivity index (χ2v) is 2.83. The van der Waals surface area contributed by atoms with Crippen molar-refractivity contribution < 1.29 is 4.52 Å². The Morgan fingerprint density at radius 3 is 2.86 bits per heavy atom. The zero-order valence-corrected chi connectivity index (χ0v) is 7.93. The van der Waals surface area contributed by atoms with Gasteiger partial charge in [-0.2, -0.15) is 4.80 Å². The normalized spacial score (nSPS) is 10.7. The number of nitrogen functional groups attached to an aromatic ring is 1. The van der Waals surface area contributed by atoms with Gasteiger partial charge in [0.15, 0.2) is 5.69 Å². The van der Waals surface area contributed by atoms with Crippen molar-refractivity contribution in [3.8, 4) is 11.5 Å².